The minimum Gasteiger partial charge on any atom is -0.382 e. The zero-order valence-electron chi connectivity index (χ0n) is 14.1. The van der Waals surface area contributed by atoms with Crippen LogP contribution >= 0.6 is 0 Å². The molecule has 1 saturated heterocycles. The summed E-state index contributed by atoms with van der Waals surface area (Å²) in [6, 6.07) is 21.6. The third-order valence-electron chi connectivity index (χ3n) is 4.86. The number of benzene rings is 2. The first-order valence-corrected chi connectivity index (χ1v) is 8.70. The Hall–Kier alpha value is -2.39. The fraction of sp³-hybridized carbons (Fsp3) is 0.286. The summed E-state index contributed by atoms with van der Waals surface area (Å²) in [7, 11) is 2.20. The zero-order valence-corrected chi connectivity index (χ0v) is 14.1. The number of aromatic nitrogens is 1. The fourth-order valence-corrected chi connectivity index (χ4v) is 3.42. The molecule has 1 aromatic heterocycles. The van der Waals surface area contributed by atoms with Gasteiger partial charge in [-0.3, -0.25) is 0 Å². The van der Waals surface area contributed by atoms with Gasteiger partial charge in [0.25, 0.3) is 0 Å². The van der Waals surface area contributed by atoms with Crippen LogP contribution in [0.2, 0.25) is 0 Å². The van der Waals surface area contributed by atoms with Gasteiger partial charge in [-0.2, -0.15) is 0 Å². The van der Waals surface area contributed by atoms with Crippen LogP contribution < -0.4 is 5.32 Å². The molecule has 122 valence electrons. The zero-order chi connectivity index (χ0) is 16.4. The molecular weight excluding hydrogens is 294 g/mol. The second-order valence-electron chi connectivity index (χ2n) is 6.66. The average molecular weight is 317 g/mol. The van der Waals surface area contributed by atoms with Gasteiger partial charge in [0.15, 0.2) is 0 Å². The van der Waals surface area contributed by atoms with E-state index in [9.17, 15) is 0 Å². The Balaban J connectivity index is 1.72. The van der Waals surface area contributed by atoms with E-state index in [2.05, 4.69) is 71.9 Å². The van der Waals surface area contributed by atoms with E-state index < -0.39 is 0 Å². The van der Waals surface area contributed by atoms with Crippen molar-refractivity contribution < 1.29 is 0 Å². The Morgan fingerprint density at radius 1 is 0.958 bits per heavy atom. The first-order valence-electron chi connectivity index (χ1n) is 8.70. The number of likely N-dealkylation sites (tertiary alicyclic amines) is 1. The van der Waals surface area contributed by atoms with Crippen LogP contribution in [-0.4, -0.2) is 36.1 Å². The van der Waals surface area contributed by atoms with Gasteiger partial charge in [-0.05, 0) is 45.1 Å². The maximum atomic E-state index is 4.86. The normalized spacial score (nSPS) is 16.4. The maximum Gasteiger partial charge on any atom is 0.0730 e. The minimum absolute atomic E-state index is 0.538. The summed E-state index contributed by atoms with van der Waals surface area (Å²) in [6.07, 6.45) is 2.38. The molecule has 1 aliphatic heterocycles. The van der Waals surface area contributed by atoms with Crippen molar-refractivity contribution in [2.24, 2.45) is 0 Å². The van der Waals surface area contributed by atoms with E-state index in [1.54, 1.807) is 0 Å². The molecule has 2 aromatic carbocycles. The Morgan fingerprint density at radius 3 is 2.46 bits per heavy atom. The number of anilines is 1. The number of hydrogen-bond acceptors (Lipinski definition) is 3. The molecule has 0 atom stereocenters. The van der Waals surface area contributed by atoms with E-state index in [1.165, 1.54) is 23.9 Å². The molecule has 3 heteroatoms. The van der Waals surface area contributed by atoms with Crippen molar-refractivity contribution in [1.82, 2.24) is 9.88 Å². The van der Waals surface area contributed by atoms with Crippen molar-refractivity contribution in [1.29, 1.82) is 0 Å². The van der Waals surface area contributed by atoms with Gasteiger partial charge in [0, 0.05) is 22.7 Å². The summed E-state index contributed by atoms with van der Waals surface area (Å²) in [6.45, 7) is 2.32. The van der Waals surface area contributed by atoms with Crippen LogP contribution in [0.4, 0.5) is 5.69 Å². The first kappa shape index (κ1) is 15.2. The molecule has 3 aromatic rings. The summed E-state index contributed by atoms with van der Waals surface area (Å²) < 4.78 is 0. The SMILES string of the molecule is CN1CCC(Nc2cc(-c3ccccc3)nc3ccccc23)CC1. The number of piperidine rings is 1. The smallest absolute Gasteiger partial charge is 0.0730 e. The molecule has 0 radical (unpaired) electrons. The van der Waals surface area contributed by atoms with E-state index >= 15 is 0 Å². The highest BCUT2D eigenvalue weighted by Gasteiger charge is 2.17. The molecule has 1 fully saturated rings. The van der Waals surface area contributed by atoms with Crippen molar-refractivity contribution in [3.8, 4) is 11.3 Å². The highest BCUT2D eigenvalue weighted by atomic mass is 15.1. The number of hydrogen-bond donors (Lipinski definition) is 1. The summed E-state index contributed by atoms with van der Waals surface area (Å²) >= 11 is 0. The largest absolute Gasteiger partial charge is 0.382 e. The second kappa shape index (κ2) is 6.62. The lowest BCUT2D eigenvalue weighted by atomic mass is 10.0. The van der Waals surface area contributed by atoms with Gasteiger partial charge in [-0.1, -0.05) is 48.5 Å². The lowest BCUT2D eigenvalue weighted by Crippen LogP contribution is -2.36. The molecule has 24 heavy (non-hydrogen) atoms. The minimum atomic E-state index is 0.538. The third kappa shape index (κ3) is 3.13. The Morgan fingerprint density at radius 2 is 1.67 bits per heavy atom. The quantitative estimate of drug-likeness (QED) is 0.775. The Kier molecular flexibility index (Phi) is 4.18. The van der Waals surface area contributed by atoms with Gasteiger partial charge in [0.2, 0.25) is 0 Å². The molecule has 0 saturated carbocycles. The van der Waals surface area contributed by atoms with E-state index in [4.69, 9.17) is 4.98 Å². The first-order chi connectivity index (χ1) is 11.8. The highest BCUT2D eigenvalue weighted by Crippen LogP contribution is 2.29. The van der Waals surface area contributed by atoms with Crippen molar-refractivity contribution in [3.63, 3.8) is 0 Å². The molecule has 3 nitrogen and oxygen atoms in total. The van der Waals surface area contributed by atoms with Crippen molar-refractivity contribution in [3.05, 3.63) is 60.7 Å². The molecule has 1 aliphatic rings. The summed E-state index contributed by atoms with van der Waals surface area (Å²) in [5.74, 6) is 0. The molecule has 0 spiro atoms. The summed E-state index contributed by atoms with van der Waals surface area (Å²) in [5, 5.41) is 4.99. The van der Waals surface area contributed by atoms with Crippen molar-refractivity contribution in [2.75, 3.05) is 25.5 Å². The molecule has 1 N–H and O–H groups in total. The van der Waals surface area contributed by atoms with E-state index in [-0.39, 0.29) is 0 Å². The van der Waals surface area contributed by atoms with Gasteiger partial charge >= 0.3 is 0 Å². The van der Waals surface area contributed by atoms with Gasteiger partial charge in [-0.25, -0.2) is 4.98 Å². The monoisotopic (exact) mass is 317 g/mol. The lowest BCUT2D eigenvalue weighted by molar-refractivity contribution is 0.264. The van der Waals surface area contributed by atoms with Crippen LogP contribution in [0.3, 0.4) is 0 Å². The number of rotatable bonds is 3. The van der Waals surface area contributed by atoms with Gasteiger partial charge in [0.1, 0.15) is 0 Å². The molecule has 4 rings (SSSR count). The van der Waals surface area contributed by atoms with Gasteiger partial charge in [0.05, 0.1) is 11.2 Å². The highest BCUT2D eigenvalue weighted by molar-refractivity contribution is 5.93. The topological polar surface area (TPSA) is 28.2 Å². The molecule has 0 bridgehead atoms. The molecule has 0 aliphatic carbocycles. The predicted octanol–water partition coefficient (Wildman–Crippen LogP) is 4.41. The number of nitrogens with zero attached hydrogens (tertiary/aromatic N) is 2. The Bertz CT molecular complexity index is 821. The van der Waals surface area contributed by atoms with Crippen LogP contribution in [0.5, 0.6) is 0 Å². The van der Waals surface area contributed by atoms with Crippen molar-refractivity contribution >= 4 is 16.6 Å². The van der Waals surface area contributed by atoms with Crippen LogP contribution in [0.1, 0.15) is 12.8 Å². The Labute approximate surface area is 143 Å². The second-order valence-corrected chi connectivity index (χ2v) is 6.66. The number of fused-ring (bicyclic) bond motifs is 1. The molecule has 0 amide bonds. The van der Waals surface area contributed by atoms with E-state index in [0.29, 0.717) is 6.04 Å². The fourth-order valence-electron chi connectivity index (χ4n) is 3.42. The standard InChI is InChI=1S/C21H23N3/c1-24-13-11-17(12-14-24)22-21-15-20(16-7-3-2-4-8-16)23-19-10-6-5-9-18(19)21/h2-10,15,17H,11-14H2,1H3,(H,22,23). The number of pyridine rings is 1. The predicted molar refractivity (Wildman–Crippen MR) is 101 cm³/mol. The molecule has 0 unspecified atom stereocenters. The third-order valence-corrected chi connectivity index (χ3v) is 4.86. The summed E-state index contributed by atoms with van der Waals surface area (Å²) in [4.78, 5) is 7.26. The van der Waals surface area contributed by atoms with Gasteiger partial charge < -0.3 is 10.2 Å². The average Bonchev–Trinajstić information content (AvgIpc) is 2.64. The van der Waals surface area contributed by atoms with Gasteiger partial charge in [-0.15, -0.1) is 0 Å². The molecule has 2 heterocycles. The van der Waals surface area contributed by atoms with E-state index in [0.717, 1.165) is 29.9 Å². The van der Waals surface area contributed by atoms with Crippen LogP contribution in [0.15, 0.2) is 60.7 Å². The summed E-state index contributed by atoms with van der Waals surface area (Å²) in [5.41, 5.74) is 4.45. The number of para-hydroxylation sites is 1. The van der Waals surface area contributed by atoms with Crippen molar-refractivity contribution in [2.45, 2.75) is 18.9 Å². The van der Waals surface area contributed by atoms with E-state index in [1.807, 2.05) is 6.07 Å². The maximum absolute atomic E-state index is 4.86. The van der Waals surface area contributed by atoms with Crippen LogP contribution in [0, 0.1) is 0 Å². The van der Waals surface area contributed by atoms with Crippen LogP contribution in [-0.2, 0) is 0 Å². The molecular formula is C21H23N3. The lowest BCUT2D eigenvalue weighted by Gasteiger charge is -2.30. The van der Waals surface area contributed by atoms with Crippen LogP contribution in [0.25, 0.3) is 22.2 Å². The number of nitrogens with one attached hydrogen (secondary N) is 1.